The zero-order valence-electron chi connectivity index (χ0n) is 22.4. The largest absolute Gasteiger partial charge is 0.497 e. The van der Waals surface area contributed by atoms with Crippen LogP contribution in [0.15, 0.2) is 77.6 Å². The van der Waals surface area contributed by atoms with E-state index in [1.807, 2.05) is 72.8 Å². The lowest BCUT2D eigenvalue weighted by Gasteiger charge is -2.27. The van der Waals surface area contributed by atoms with Crippen LogP contribution >= 0.6 is 22.7 Å². The van der Waals surface area contributed by atoms with E-state index in [-0.39, 0.29) is 11.4 Å². The molecule has 0 bridgehead atoms. The molecular weight excluding hydrogens is 558 g/mol. The predicted molar refractivity (Wildman–Crippen MR) is 162 cm³/mol. The number of benzene rings is 3. The van der Waals surface area contributed by atoms with E-state index in [2.05, 4.69) is 0 Å². The number of hydrogen-bond donors (Lipinski definition) is 1. The SMILES string of the molecule is COC(=O)C1=c2sc(=Cc3cccc(OC)c3)c(=O)n2C(N)=C(c2nc3ccccc3s2)C1c1cccc(OC)c1. The average molecular weight is 584 g/mol. The molecule has 206 valence electrons. The average Bonchev–Trinajstić information content (AvgIpc) is 3.57. The molecule has 10 heteroatoms. The molecule has 8 nitrogen and oxygen atoms in total. The van der Waals surface area contributed by atoms with E-state index in [0.29, 0.717) is 36.8 Å². The Kier molecular flexibility index (Phi) is 6.94. The highest BCUT2D eigenvalue weighted by Crippen LogP contribution is 2.45. The highest BCUT2D eigenvalue weighted by Gasteiger charge is 2.38. The Morgan fingerprint density at radius 2 is 1.68 bits per heavy atom. The van der Waals surface area contributed by atoms with Crippen LogP contribution in [-0.4, -0.2) is 36.8 Å². The summed E-state index contributed by atoms with van der Waals surface area (Å²) >= 11 is 2.64. The number of nitrogens with zero attached hydrogens (tertiary/aromatic N) is 2. The molecule has 1 aliphatic rings. The first-order chi connectivity index (χ1) is 19.9. The quantitative estimate of drug-likeness (QED) is 0.304. The summed E-state index contributed by atoms with van der Waals surface area (Å²) in [5.74, 6) is 0.270. The van der Waals surface area contributed by atoms with E-state index >= 15 is 0 Å². The van der Waals surface area contributed by atoms with E-state index in [1.54, 1.807) is 20.3 Å². The molecule has 0 saturated carbocycles. The third-order valence-corrected chi connectivity index (χ3v) is 9.07. The Bertz CT molecular complexity index is 2000. The number of esters is 1. The topological polar surface area (TPSA) is 106 Å². The van der Waals surface area contributed by atoms with Gasteiger partial charge in [0.1, 0.15) is 27.0 Å². The fourth-order valence-corrected chi connectivity index (χ4v) is 7.21. The lowest BCUT2D eigenvalue weighted by atomic mass is 9.83. The minimum atomic E-state index is -0.666. The van der Waals surface area contributed by atoms with Gasteiger partial charge in [-0.25, -0.2) is 9.78 Å². The van der Waals surface area contributed by atoms with E-state index in [4.69, 9.17) is 24.9 Å². The number of hydrogen-bond acceptors (Lipinski definition) is 9. The van der Waals surface area contributed by atoms with Gasteiger partial charge in [0.25, 0.3) is 5.56 Å². The summed E-state index contributed by atoms with van der Waals surface area (Å²) in [6, 6.07) is 22.6. The molecule has 1 unspecified atom stereocenters. The number of fused-ring (bicyclic) bond motifs is 2. The first-order valence-electron chi connectivity index (χ1n) is 12.6. The molecule has 0 radical (unpaired) electrons. The van der Waals surface area contributed by atoms with E-state index in [1.165, 1.54) is 34.4 Å². The minimum absolute atomic E-state index is 0.214. The number of ether oxygens (including phenoxy) is 3. The van der Waals surface area contributed by atoms with Crippen molar-refractivity contribution in [3.8, 4) is 11.5 Å². The highest BCUT2D eigenvalue weighted by atomic mass is 32.1. The first kappa shape index (κ1) is 26.5. The molecule has 41 heavy (non-hydrogen) atoms. The number of allylic oxidation sites excluding steroid dienone is 1. The van der Waals surface area contributed by atoms with Gasteiger partial charge in [0.2, 0.25) is 0 Å². The normalized spacial score (nSPS) is 15.2. The van der Waals surface area contributed by atoms with Gasteiger partial charge < -0.3 is 19.9 Å². The van der Waals surface area contributed by atoms with Crippen LogP contribution in [-0.2, 0) is 9.53 Å². The van der Waals surface area contributed by atoms with Crippen molar-refractivity contribution in [3.05, 3.63) is 108 Å². The van der Waals surface area contributed by atoms with E-state index in [9.17, 15) is 9.59 Å². The number of carbonyl (C=O) groups excluding carboxylic acids is 1. The Morgan fingerprint density at radius 3 is 2.41 bits per heavy atom. The number of aromatic nitrogens is 2. The maximum absolute atomic E-state index is 13.9. The fraction of sp³-hybridized carbons (Fsp3) is 0.129. The number of para-hydroxylation sites is 1. The lowest BCUT2D eigenvalue weighted by molar-refractivity contribution is -0.134. The molecule has 0 fully saturated rings. The Labute approximate surface area is 242 Å². The van der Waals surface area contributed by atoms with Gasteiger partial charge in [-0.1, -0.05) is 36.4 Å². The number of nitrogens with two attached hydrogens (primary N) is 1. The smallest absolute Gasteiger partial charge is 0.337 e. The first-order valence-corrected chi connectivity index (χ1v) is 14.3. The van der Waals surface area contributed by atoms with E-state index < -0.39 is 11.9 Å². The molecule has 0 saturated heterocycles. The molecule has 0 amide bonds. The summed E-state index contributed by atoms with van der Waals surface area (Å²) in [4.78, 5) is 32.4. The number of rotatable bonds is 6. The molecule has 0 aliphatic carbocycles. The van der Waals surface area contributed by atoms with Gasteiger partial charge >= 0.3 is 5.97 Å². The van der Waals surface area contributed by atoms with Gasteiger partial charge in [0, 0.05) is 5.57 Å². The van der Waals surface area contributed by atoms with Gasteiger partial charge in [-0.2, -0.15) is 0 Å². The summed E-state index contributed by atoms with van der Waals surface area (Å²) in [5, 5.41) is 0.611. The van der Waals surface area contributed by atoms with Crippen molar-refractivity contribution in [2.75, 3.05) is 21.3 Å². The van der Waals surface area contributed by atoms with Crippen LogP contribution in [0.2, 0.25) is 0 Å². The van der Waals surface area contributed by atoms with Gasteiger partial charge in [0.05, 0.1) is 47.6 Å². The van der Waals surface area contributed by atoms with Gasteiger partial charge in [-0.3, -0.25) is 9.36 Å². The van der Waals surface area contributed by atoms with Crippen LogP contribution in [0.5, 0.6) is 11.5 Å². The molecule has 6 rings (SSSR count). The molecule has 1 aliphatic heterocycles. The van der Waals surface area contributed by atoms with Crippen LogP contribution in [0.3, 0.4) is 0 Å². The minimum Gasteiger partial charge on any atom is -0.497 e. The van der Waals surface area contributed by atoms with Crippen molar-refractivity contribution >= 4 is 61.9 Å². The summed E-state index contributed by atoms with van der Waals surface area (Å²) in [5.41, 5.74) is 9.74. The maximum Gasteiger partial charge on any atom is 0.337 e. The van der Waals surface area contributed by atoms with Gasteiger partial charge in [0.15, 0.2) is 0 Å². The Hall–Kier alpha value is -4.67. The van der Waals surface area contributed by atoms with Crippen molar-refractivity contribution in [2.45, 2.75) is 5.92 Å². The summed E-state index contributed by atoms with van der Waals surface area (Å²) < 4.78 is 19.3. The van der Waals surface area contributed by atoms with Gasteiger partial charge in [-0.05, 0) is 53.6 Å². The molecule has 3 aromatic carbocycles. The van der Waals surface area contributed by atoms with Crippen molar-refractivity contribution in [2.24, 2.45) is 5.73 Å². The number of thiazole rings is 2. The second kappa shape index (κ2) is 10.7. The van der Waals surface area contributed by atoms with Crippen molar-refractivity contribution in [1.29, 1.82) is 0 Å². The van der Waals surface area contributed by atoms with Crippen molar-refractivity contribution in [1.82, 2.24) is 9.55 Å². The zero-order chi connectivity index (χ0) is 28.7. The van der Waals surface area contributed by atoms with E-state index in [0.717, 1.165) is 21.3 Å². The Morgan fingerprint density at radius 1 is 0.951 bits per heavy atom. The van der Waals surface area contributed by atoms with Crippen LogP contribution in [0.1, 0.15) is 22.1 Å². The lowest BCUT2D eigenvalue weighted by Crippen LogP contribution is -2.39. The molecule has 3 heterocycles. The highest BCUT2D eigenvalue weighted by molar-refractivity contribution is 7.19. The second-order valence-corrected chi connectivity index (χ2v) is 11.3. The number of methoxy groups -OCH3 is 3. The fourth-order valence-electron chi connectivity index (χ4n) is 4.99. The van der Waals surface area contributed by atoms with Gasteiger partial charge in [-0.15, -0.1) is 22.7 Å². The second-order valence-electron chi connectivity index (χ2n) is 9.23. The molecule has 2 aromatic heterocycles. The summed E-state index contributed by atoms with van der Waals surface area (Å²) in [6.07, 6.45) is 1.76. The predicted octanol–water partition coefficient (Wildman–Crippen LogP) is 3.77. The molecule has 0 spiro atoms. The third-order valence-electron chi connectivity index (χ3n) is 6.90. The maximum atomic E-state index is 13.9. The zero-order valence-corrected chi connectivity index (χ0v) is 24.0. The van der Waals surface area contributed by atoms with Crippen LogP contribution in [0.4, 0.5) is 0 Å². The molecular formula is C31H25N3O5S2. The van der Waals surface area contributed by atoms with Crippen molar-refractivity contribution < 1.29 is 19.0 Å². The monoisotopic (exact) mass is 583 g/mol. The third kappa shape index (κ3) is 4.60. The van der Waals surface area contributed by atoms with Crippen LogP contribution in [0, 0.1) is 0 Å². The Balaban J connectivity index is 1.71. The molecule has 2 N–H and O–H groups in total. The van der Waals surface area contributed by atoms with Crippen LogP contribution in [0.25, 0.3) is 33.3 Å². The van der Waals surface area contributed by atoms with Crippen molar-refractivity contribution in [3.63, 3.8) is 0 Å². The molecule has 5 aromatic rings. The summed E-state index contributed by atoms with van der Waals surface area (Å²) in [6.45, 7) is 0. The molecule has 1 atom stereocenters. The van der Waals surface area contributed by atoms with Crippen LogP contribution < -0.4 is 30.0 Å². The standard InChI is InChI=1S/C31H25N3O5S2/c1-37-19-10-6-8-17(14-19)15-23-29(35)34-27(32)25(28-33-21-12-4-5-13-22(21)40-28)24(18-9-7-11-20(16-18)38-2)26(30(34)41-23)31(36)39-3/h4-16,24H,32H2,1-3H3. The number of carbonyl (C=O) groups is 1. The summed E-state index contributed by atoms with van der Waals surface area (Å²) in [7, 11) is 4.50.